The second-order valence-corrected chi connectivity index (χ2v) is 8.01. The maximum Gasteiger partial charge on any atom is 0.417 e. The molecule has 3 N–H and O–H groups in total. The van der Waals surface area contributed by atoms with Gasteiger partial charge in [-0.2, -0.15) is 13.2 Å². The summed E-state index contributed by atoms with van der Waals surface area (Å²) in [4.78, 5) is 31.2. The number of nitrogens with zero attached hydrogens (tertiary/aromatic N) is 3. The van der Waals surface area contributed by atoms with Crippen LogP contribution < -0.4 is 16.0 Å². The van der Waals surface area contributed by atoms with Crippen LogP contribution in [-0.2, 0) is 11.0 Å². The highest BCUT2D eigenvalue weighted by atomic mass is 35.5. The van der Waals surface area contributed by atoms with Gasteiger partial charge in [0.05, 0.1) is 16.1 Å². The second kappa shape index (κ2) is 9.19. The number of thiophene rings is 1. The third-order valence-electron chi connectivity index (χ3n) is 4.66. The number of carbonyl (C=O) groups excluding carboxylic acids is 2. The molecule has 0 radical (unpaired) electrons. The molecule has 2 aromatic heterocycles. The first-order valence-corrected chi connectivity index (χ1v) is 10.3. The molecule has 0 aromatic carbocycles. The largest absolute Gasteiger partial charge is 0.417 e. The van der Waals surface area contributed by atoms with E-state index in [0.29, 0.717) is 43.5 Å². The van der Waals surface area contributed by atoms with Crippen LogP contribution in [0, 0.1) is 0 Å². The van der Waals surface area contributed by atoms with Gasteiger partial charge in [0.25, 0.3) is 5.91 Å². The van der Waals surface area contributed by atoms with E-state index in [-0.39, 0.29) is 22.9 Å². The molecule has 0 unspecified atom stereocenters. The normalized spacial score (nSPS) is 15.3. The summed E-state index contributed by atoms with van der Waals surface area (Å²) in [6.07, 6.45) is -3.48. The number of nitrogens with two attached hydrogens (primary N) is 1. The van der Waals surface area contributed by atoms with Crippen molar-refractivity contribution in [2.24, 2.45) is 5.73 Å². The van der Waals surface area contributed by atoms with Gasteiger partial charge in [0.15, 0.2) is 0 Å². The fourth-order valence-electron chi connectivity index (χ4n) is 3.05. The maximum atomic E-state index is 12.7. The van der Waals surface area contributed by atoms with Crippen molar-refractivity contribution in [1.82, 2.24) is 9.88 Å². The molecule has 2 aromatic rings. The molecule has 0 saturated carbocycles. The zero-order chi connectivity index (χ0) is 21.9. The number of amides is 2. The van der Waals surface area contributed by atoms with Crippen molar-refractivity contribution in [2.75, 3.05) is 42.9 Å². The molecule has 0 atom stereocenters. The fourth-order valence-corrected chi connectivity index (χ4v) is 4.15. The van der Waals surface area contributed by atoms with E-state index in [2.05, 4.69) is 15.2 Å². The Morgan fingerprint density at radius 2 is 1.97 bits per heavy atom. The first-order valence-electron chi connectivity index (χ1n) is 9.02. The smallest absolute Gasteiger partial charge is 0.366 e. The summed E-state index contributed by atoms with van der Waals surface area (Å²) in [6.45, 7) is 2.77. The van der Waals surface area contributed by atoms with E-state index in [1.54, 1.807) is 11.4 Å². The lowest BCUT2D eigenvalue weighted by Crippen LogP contribution is -2.47. The van der Waals surface area contributed by atoms with Crippen LogP contribution in [0.25, 0.3) is 0 Å². The van der Waals surface area contributed by atoms with E-state index >= 15 is 0 Å². The van der Waals surface area contributed by atoms with Crippen LogP contribution in [-0.4, -0.2) is 54.4 Å². The summed E-state index contributed by atoms with van der Waals surface area (Å²) in [5.41, 5.74) is 4.66. The SMILES string of the molecule is NC(=O)c1ccsc1NC(=O)CCN1CCN(c2ncc(C(F)(F)F)cc2Cl)CC1. The first kappa shape index (κ1) is 22.3. The molecular formula is C18H19ClF3N5O2S. The molecule has 1 aliphatic rings. The maximum absolute atomic E-state index is 12.7. The Morgan fingerprint density at radius 3 is 2.57 bits per heavy atom. The van der Waals surface area contributed by atoms with Gasteiger partial charge in [-0.15, -0.1) is 11.3 Å². The lowest BCUT2D eigenvalue weighted by Gasteiger charge is -2.35. The number of nitrogens with one attached hydrogen (secondary N) is 1. The number of rotatable bonds is 6. The van der Waals surface area contributed by atoms with Crippen LogP contribution in [0.4, 0.5) is 24.0 Å². The molecule has 162 valence electrons. The number of hydrogen-bond acceptors (Lipinski definition) is 6. The van der Waals surface area contributed by atoms with Crippen molar-refractivity contribution in [1.29, 1.82) is 0 Å². The Bertz CT molecular complexity index is 929. The fraction of sp³-hybridized carbons (Fsp3) is 0.389. The molecule has 0 aliphatic carbocycles. The molecular weight excluding hydrogens is 443 g/mol. The summed E-state index contributed by atoms with van der Waals surface area (Å²) in [5, 5.41) is 4.76. The number of carbonyl (C=O) groups is 2. The predicted molar refractivity (Wildman–Crippen MR) is 109 cm³/mol. The second-order valence-electron chi connectivity index (χ2n) is 6.68. The lowest BCUT2D eigenvalue weighted by molar-refractivity contribution is -0.137. The molecule has 1 aliphatic heterocycles. The van der Waals surface area contributed by atoms with E-state index in [0.717, 1.165) is 12.3 Å². The highest BCUT2D eigenvalue weighted by Crippen LogP contribution is 2.33. The Balaban J connectivity index is 1.48. The van der Waals surface area contributed by atoms with Crippen LogP contribution in [0.5, 0.6) is 0 Å². The average molecular weight is 462 g/mol. The van der Waals surface area contributed by atoms with Gasteiger partial charge in [0.1, 0.15) is 10.8 Å². The molecule has 3 heterocycles. The van der Waals surface area contributed by atoms with Crippen LogP contribution in [0.15, 0.2) is 23.7 Å². The van der Waals surface area contributed by atoms with Gasteiger partial charge >= 0.3 is 6.18 Å². The summed E-state index contributed by atoms with van der Waals surface area (Å²) in [5.74, 6) is -0.508. The number of primary amides is 1. The van der Waals surface area contributed by atoms with Crippen molar-refractivity contribution in [3.63, 3.8) is 0 Å². The van der Waals surface area contributed by atoms with Crippen LogP contribution in [0.2, 0.25) is 5.02 Å². The number of alkyl halides is 3. The van der Waals surface area contributed by atoms with Gasteiger partial charge in [-0.3, -0.25) is 14.5 Å². The van der Waals surface area contributed by atoms with E-state index < -0.39 is 17.6 Å². The van der Waals surface area contributed by atoms with Gasteiger partial charge in [-0.05, 0) is 17.5 Å². The predicted octanol–water partition coefficient (Wildman–Crippen LogP) is 3.07. The van der Waals surface area contributed by atoms with Gasteiger partial charge in [0.2, 0.25) is 5.91 Å². The Kier molecular flexibility index (Phi) is 6.84. The highest BCUT2D eigenvalue weighted by molar-refractivity contribution is 7.14. The lowest BCUT2D eigenvalue weighted by atomic mass is 10.2. The van der Waals surface area contributed by atoms with E-state index in [4.69, 9.17) is 17.3 Å². The van der Waals surface area contributed by atoms with Crippen molar-refractivity contribution in [3.05, 3.63) is 39.9 Å². The van der Waals surface area contributed by atoms with Crippen molar-refractivity contribution < 1.29 is 22.8 Å². The first-order chi connectivity index (χ1) is 14.1. The molecule has 2 amide bonds. The van der Waals surface area contributed by atoms with Gasteiger partial charge in [-0.25, -0.2) is 4.98 Å². The standard InChI is InChI=1S/C18H19ClF3N5O2S/c19-13-9-11(18(20,21)22)10-24-16(13)27-6-4-26(5-7-27)3-1-14(28)25-17-12(15(23)29)2-8-30-17/h2,8-10H,1,3-7H2,(H2,23,29)(H,25,28). The number of hydrogen-bond donors (Lipinski definition) is 2. The zero-order valence-corrected chi connectivity index (χ0v) is 17.3. The van der Waals surface area contributed by atoms with Gasteiger partial charge < -0.3 is 16.0 Å². The monoisotopic (exact) mass is 461 g/mol. The minimum Gasteiger partial charge on any atom is -0.366 e. The minimum absolute atomic E-state index is 0.0427. The molecule has 3 rings (SSSR count). The van der Waals surface area contributed by atoms with Crippen LogP contribution in [0.1, 0.15) is 22.3 Å². The van der Waals surface area contributed by atoms with Crippen molar-refractivity contribution >= 4 is 45.6 Å². The van der Waals surface area contributed by atoms with Gasteiger partial charge in [0, 0.05) is 45.3 Å². The molecule has 0 bridgehead atoms. The van der Waals surface area contributed by atoms with Crippen LogP contribution in [0.3, 0.4) is 0 Å². The Hall–Kier alpha value is -2.37. The topological polar surface area (TPSA) is 91.6 Å². The summed E-state index contributed by atoms with van der Waals surface area (Å²) >= 11 is 7.23. The molecule has 7 nitrogen and oxygen atoms in total. The summed E-state index contributed by atoms with van der Waals surface area (Å²) < 4.78 is 38.2. The third kappa shape index (κ3) is 5.41. The van der Waals surface area contributed by atoms with Crippen LogP contribution >= 0.6 is 22.9 Å². The van der Waals surface area contributed by atoms with E-state index in [9.17, 15) is 22.8 Å². The number of piperazine rings is 1. The number of anilines is 2. The number of aromatic nitrogens is 1. The number of pyridine rings is 1. The summed E-state index contributed by atoms with van der Waals surface area (Å²) in [6, 6.07) is 2.44. The highest BCUT2D eigenvalue weighted by Gasteiger charge is 2.32. The molecule has 1 fully saturated rings. The quantitative estimate of drug-likeness (QED) is 0.690. The molecule has 12 heteroatoms. The molecule has 30 heavy (non-hydrogen) atoms. The Labute approximate surface area is 179 Å². The summed E-state index contributed by atoms with van der Waals surface area (Å²) in [7, 11) is 0. The average Bonchev–Trinajstić information content (AvgIpc) is 3.14. The molecule has 1 saturated heterocycles. The van der Waals surface area contributed by atoms with Crippen molar-refractivity contribution in [2.45, 2.75) is 12.6 Å². The number of halogens is 4. The van der Waals surface area contributed by atoms with E-state index in [1.807, 2.05) is 4.90 Å². The third-order valence-corrected chi connectivity index (χ3v) is 5.77. The van der Waals surface area contributed by atoms with Crippen molar-refractivity contribution in [3.8, 4) is 0 Å². The minimum atomic E-state index is -4.49. The van der Waals surface area contributed by atoms with Gasteiger partial charge in [-0.1, -0.05) is 11.6 Å². The zero-order valence-electron chi connectivity index (χ0n) is 15.7. The Morgan fingerprint density at radius 1 is 1.27 bits per heavy atom. The molecule has 0 spiro atoms. The van der Waals surface area contributed by atoms with E-state index in [1.165, 1.54) is 11.3 Å².